The first-order valence-electron chi connectivity index (χ1n) is 9.44. The lowest BCUT2D eigenvalue weighted by atomic mass is 9.74. The number of rotatable bonds is 5. The fraction of sp³-hybridized carbons (Fsp3) is 0.571. The second-order valence-electron chi connectivity index (χ2n) is 7.88. The first-order chi connectivity index (χ1) is 12.4. The SMILES string of the molecule is COC(=O)[C@]12CCCN1C(=O)[C@](CC(C)C)(N=Cc1ccccc1)CC2. The van der Waals surface area contributed by atoms with E-state index in [9.17, 15) is 9.59 Å². The smallest absolute Gasteiger partial charge is 0.331 e. The summed E-state index contributed by atoms with van der Waals surface area (Å²) in [5.41, 5.74) is -0.588. The van der Waals surface area contributed by atoms with Crippen molar-refractivity contribution in [2.75, 3.05) is 13.7 Å². The third-order valence-electron chi connectivity index (χ3n) is 5.66. The van der Waals surface area contributed by atoms with Gasteiger partial charge in [0.05, 0.1) is 7.11 Å². The minimum Gasteiger partial charge on any atom is -0.467 e. The maximum atomic E-state index is 13.5. The Morgan fingerprint density at radius 3 is 2.65 bits per heavy atom. The molecule has 1 amide bonds. The minimum atomic E-state index is -0.786. The van der Waals surface area contributed by atoms with E-state index in [-0.39, 0.29) is 11.9 Å². The van der Waals surface area contributed by atoms with Crippen LogP contribution in [0, 0.1) is 5.92 Å². The molecule has 0 spiro atoms. The summed E-state index contributed by atoms with van der Waals surface area (Å²) < 4.78 is 5.05. The number of carbonyl (C=O) groups is 2. The number of methoxy groups -OCH3 is 1. The van der Waals surface area contributed by atoms with E-state index in [0.717, 1.165) is 12.0 Å². The zero-order valence-electron chi connectivity index (χ0n) is 15.9. The third kappa shape index (κ3) is 3.15. The van der Waals surface area contributed by atoms with Gasteiger partial charge in [0.1, 0.15) is 11.1 Å². The second kappa shape index (κ2) is 7.22. The molecule has 0 N–H and O–H groups in total. The molecule has 3 rings (SSSR count). The van der Waals surface area contributed by atoms with Crippen LogP contribution in [-0.2, 0) is 14.3 Å². The van der Waals surface area contributed by atoms with Crippen molar-refractivity contribution in [3.05, 3.63) is 35.9 Å². The van der Waals surface area contributed by atoms with Crippen LogP contribution in [0.1, 0.15) is 51.5 Å². The Balaban J connectivity index is 1.95. The second-order valence-corrected chi connectivity index (χ2v) is 7.88. The lowest BCUT2D eigenvalue weighted by molar-refractivity contribution is -0.166. The highest BCUT2D eigenvalue weighted by molar-refractivity contribution is 5.96. The Labute approximate surface area is 155 Å². The lowest BCUT2D eigenvalue weighted by Crippen LogP contribution is -2.64. The Bertz CT molecular complexity index is 700. The zero-order valence-corrected chi connectivity index (χ0v) is 15.9. The van der Waals surface area contributed by atoms with E-state index in [2.05, 4.69) is 13.8 Å². The molecule has 0 bridgehead atoms. The van der Waals surface area contributed by atoms with Crippen LogP contribution in [0.25, 0.3) is 0 Å². The Morgan fingerprint density at radius 1 is 1.27 bits per heavy atom. The maximum absolute atomic E-state index is 13.5. The first kappa shape index (κ1) is 18.6. The molecule has 5 heteroatoms. The zero-order chi connectivity index (χ0) is 18.8. The van der Waals surface area contributed by atoms with Gasteiger partial charge in [-0.3, -0.25) is 9.79 Å². The van der Waals surface area contributed by atoms with Gasteiger partial charge in [-0.2, -0.15) is 0 Å². The van der Waals surface area contributed by atoms with Gasteiger partial charge in [-0.25, -0.2) is 4.79 Å². The molecule has 0 radical (unpaired) electrons. The molecule has 0 saturated carbocycles. The summed E-state index contributed by atoms with van der Waals surface area (Å²) in [5, 5.41) is 0. The number of aliphatic imine (C=N–C) groups is 1. The quantitative estimate of drug-likeness (QED) is 0.601. The summed E-state index contributed by atoms with van der Waals surface area (Å²) in [6.07, 6.45) is 5.21. The summed E-state index contributed by atoms with van der Waals surface area (Å²) in [6.45, 7) is 4.83. The van der Waals surface area contributed by atoms with Crippen LogP contribution in [0.15, 0.2) is 35.3 Å². The van der Waals surface area contributed by atoms with Crippen molar-refractivity contribution >= 4 is 18.1 Å². The third-order valence-corrected chi connectivity index (χ3v) is 5.66. The van der Waals surface area contributed by atoms with Gasteiger partial charge in [0.25, 0.3) is 5.91 Å². The number of piperidine rings is 1. The molecule has 0 unspecified atom stereocenters. The molecule has 140 valence electrons. The van der Waals surface area contributed by atoms with E-state index in [1.165, 1.54) is 7.11 Å². The number of nitrogens with zero attached hydrogens (tertiary/aromatic N) is 2. The number of ether oxygens (including phenoxy) is 1. The molecule has 2 aliphatic heterocycles. The predicted octanol–water partition coefficient (Wildman–Crippen LogP) is 3.22. The number of hydrogen-bond donors (Lipinski definition) is 0. The van der Waals surface area contributed by atoms with Gasteiger partial charge >= 0.3 is 5.97 Å². The summed E-state index contributed by atoms with van der Waals surface area (Å²) in [7, 11) is 1.40. The molecule has 0 aromatic heterocycles. The van der Waals surface area contributed by atoms with Gasteiger partial charge in [0, 0.05) is 12.8 Å². The van der Waals surface area contributed by atoms with Crippen LogP contribution in [0.4, 0.5) is 0 Å². The number of fused-ring (bicyclic) bond motifs is 1. The van der Waals surface area contributed by atoms with Gasteiger partial charge in [-0.05, 0) is 43.6 Å². The maximum Gasteiger partial charge on any atom is 0.331 e. The van der Waals surface area contributed by atoms with Crippen LogP contribution >= 0.6 is 0 Å². The number of carbonyl (C=O) groups excluding carboxylic acids is 2. The average Bonchev–Trinajstić information content (AvgIpc) is 3.09. The van der Waals surface area contributed by atoms with E-state index in [4.69, 9.17) is 9.73 Å². The van der Waals surface area contributed by atoms with E-state index in [1.54, 1.807) is 4.90 Å². The van der Waals surface area contributed by atoms with Crippen LogP contribution in [0.5, 0.6) is 0 Å². The molecule has 2 fully saturated rings. The highest BCUT2D eigenvalue weighted by atomic mass is 16.5. The predicted molar refractivity (Wildman–Crippen MR) is 101 cm³/mol. The van der Waals surface area contributed by atoms with Crippen molar-refractivity contribution in [2.45, 2.75) is 57.0 Å². The molecule has 0 aliphatic carbocycles. The molecule has 2 atom stereocenters. The van der Waals surface area contributed by atoms with Crippen LogP contribution < -0.4 is 0 Å². The van der Waals surface area contributed by atoms with Crippen molar-refractivity contribution in [3.63, 3.8) is 0 Å². The molecule has 5 nitrogen and oxygen atoms in total. The molecule has 2 aliphatic rings. The number of esters is 1. The van der Waals surface area contributed by atoms with E-state index in [1.807, 2.05) is 36.5 Å². The molecule has 26 heavy (non-hydrogen) atoms. The topological polar surface area (TPSA) is 59.0 Å². The average molecular weight is 356 g/mol. The summed E-state index contributed by atoms with van der Waals surface area (Å²) >= 11 is 0. The molecular weight excluding hydrogens is 328 g/mol. The first-order valence-corrected chi connectivity index (χ1v) is 9.44. The normalized spacial score (nSPS) is 28.6. The molecule has 2 heterocycles. The van der Waals surface area contributed by atoms with E-state index in [0.29, 0.717) is 38.1 Å². The van der Waals surface area contributed by atoms with Gasteiger partial charge in [-0.15, -0.1) is 0 Å². The van der Waals surface area contributed by atoms with Crippen LogP contribution in [-0.4, -0.2) is 47.7 Å². The van der Waals surface area contributed by atoms with Crippen molar-refractivity contribution in [2.24, 2.45) is 10.9 Å². The lowest BCUT2D eigenvalue weighted by Gasteiger charge is -2.47. The van der Waals surface area contributed by atoms with Crippen LogP contribution in [0.2, 0.25) is 0 Å². The highest BCUT2D eigenvalue weighted by Gasteiger charge is 2.59. The van der Waals surface area contributed by atoms with Gasteiger partial charge in [0.15, 0.2) is 0 Å². The largest absolute Gasteiger partial charge is 0.467 e. The Kier molecular flexibility index (Phi) is 5.17. The molecule has 2 saturated heterocycles. The number of hydrogen-bond acceptors (Lipinski definition) is 4. The van der Waals surface area contributed by atoms with Crippen molar-refractivity contribution in [1.82, 2.24) is 4.90 Å². The summed E-state index contributed by atoms with van der Waals surface area (Å²) in [4.78, 5) is 32.6. The fourth-order valence-corrected chi connectivity index (χ4v) is 4.48. The number of amides is 1. The van der Waals surface area contributed by atoms with Gasteiger partial charge in [-0.1, -0.05) is 44.2 Å². The summed E-state index contributed by atoms with van der Waals surface area (Å²) in [6, 6.07) is 9.84. The Morgan fingerprint density at radius 2 is 2.00 bits per heavy atom. The molecule has 1 aromatic rings. The van der Waals surface area contributed by atoms with Gasteiger partial charge in [0.2, 0.25) is 0 Å². The monoisotopic (exact) mass is 356 g/mol. The molecule has 1 aromatic carbocycles. The fourth-order valence-electron chi connectivity index (χ4n) is 4.48. The number of benzene rings is 1. The van der Waals surface area contributed by atoms with Crippen molar-refractivity contribution in [1.29, 1.82) is 0 Å². The van der Waals surface area contributed by atoms with Crippen molar-refractivity contribution < 1.29 is 14.3 Å². The van der Waals surface area contributed by atoms with Crippen LogP contribution in [0.3, 0.4) is 0 Å². The Hall–Kier alpha value is -2.17. The molecular formula is C21H28N2O3. The van der Waals surface area contributed by atoms with Crippen molar-refractivity contribution in [3.8, 4) is 0 Å². The minimum absolute atomic E-state index is 0.0208. The van der Waals surface area contributed by atoms with E-state index >= 15 is 0 Å². The summed E-state index contributed by atoms with van der Waals surface area (Å²) in [5.74, 6) is 0.0289. The standard InChI is InChI=1S/C21H28N2O3/c1-16(2)14-20(22-15-17-8-5-4-6-9-17)11-12-21(19(25)26-3)10-7-13-23(21)18(20)24/h4-6,8-9,15-16H,7,10-14H2,1-3H3/t20-,21+/m0/s1. The van der Waals surface area contributed by atoms with Gasteiger partial charge < -0.3 is 9.64 Å². The van der Waals surface area contributed by atoms with E-state index < -0.39 is 11.1 Å². The highest BCUT2D eigenvalue weighted by Crippen LogP contribution is 2.45.